The highest BCUT2D eigenvalue weighted by atomic mass is 16.5. The zero-order valence-corrected chi connectivity index (χ0v) is 16.4. The maximum Gasteiger partial charge on any atom is 0.275 e. The summed E-state index contributed by atoms with van der Waals surface area (Å²) < 4.78 is 15.3. The van der Waals surface area contributed by atoms with E-state index in [1.165, 1.54) is 0 Å². The summed E-state index contributed by atoms with van der Waals surface area (Å²) in [6.45, 7) is 9.24. The second-order valence-electron chi connectivity index (χ2n) is 7.40. The Kier molecular flexibility index (Phi) is 4.77. The van der Waals surface area contributed by atoms with Gasteiger partial charge in [-0.2, -0.15) is 5.10 Å². The Morgan fingerprint density at radius 3 is 2.96 bits per heavy atom. The van der Waals surface area contributed by atoms with Crippen LogP contribution in [0.4, 0.5) is 0 Å². The molecule has 4 heterocycles. The van der Waals surface area contributed by atoms with Gasteiger partial charge in [0.25, 0.3) is 5.91 Å². The fraction of sp³-hybridized carbons (Fsp3) is 0.632. The molecule has 1 amide bonds. The Morgan fingerprint density at radius 2 is 2.19 bits per heavy atom. The lowest BCUT2D eigenvalue weighted by Crippen LogP contribution is -2.39. The van der Waals surface area contributed by atoms with E-state index in [-0.39, 0.29) is 18.1 Å². The third kappa shape index (κ3) is 3.17. The first-order chi connectivity index (χ1) is 13.0. The lowest BCUT2D eigenvalue weighted by Gasteiger charge is -2.29. The number of imidazole rings is 1. The van der Waals surface area contributed by atoms with Crippen LogP contribution in [-0.2, 0) is 35.5 Å². The largest absolute Gasteiger partial charge is 0.383 e. The van der Waals surface area contributed by atoms with Crippen molar-refractivity contribution >= 4 is 5.91 Å². The number of aryl methyl sites for hydroxylation is 1. The van der Waals surface area contributed by atoms with Gasteiger partial charge in [0.2, 0.25) is 0 Å². The minimum absolute atomic E-state index is 0.00572. The van der Waals surface area contributed by atoms with Gasteiger partial charge in [-0.25, -0.2) is 4.98 Å². The van der Waals surface area contributed by atoms with E-state index in [0.717, 1.165) is 29.3 Å². The monoisotopic (exact) mass is 373 g/mol. The number of fused-ring (bicyclic) bond motifs is 2. The number of aromatic nitrogens is 4. The van der Waals surface area contributed by atoms with Crippen molar-refractivity contribution in [3.05, 3.63) is 34.7 Å². The van der Waals surface area contributed by atoms with Crippen LogP contribution in [0.25, 0.3) is 0 Å². The van der Waals surface area contributed by atoms with E-state index >= 15 is 0 Å². The second kappa shape index (κ2) is 7.09. The van der Waals surface area contributed by atoms with E-state index in [4.69, 9.17) is 14.6 Å². The molecule has 146 valence electrons. The summed E-state index contributed by atoms with van der Waals surface area (Å²) in [4.78, 5) is 19.6. The summed E-state index contributed by atoms with van der Waals surface area (Å²) in [5.74, 6) is 0.993. The predicted molar refractivity (Wildman–Crippen MR) is 98.5 cm³/mol. The van der Waals surface area contributed by atoms with Crippen molar-refractivity contribution in [3.8, 4) is 0 Å². The van der Waals surface area contributed by atoms with Crippen LogP contribution in [0.3, 0.4) is 0 Å². The van der Waals surface area contributed by atoms with Crippen molar-refractivity contribution in [3.63, 3.8) is 0 Å². The van der Waals surface area contributed by atoms with Crippen LogP contribution in [0.5, 0.6) is 0 Å². The minimum atomic E-state index is -0.0832. The predicted octanol–water partition coefficient (Wildman–Crippen LogP) is 1.71. The SMILES string of the molecule is COCCn1nc(C(=O)N2CCn3c(cnc3C)C2)c2c1[C@H](C)O[C@H](C)C2. The van der Waals surface area contributed by atoms with Crippen LogP contribution >= 0.6 is 0 Å². The van der Waals surface area contributed by atoms with Crippen LogP contribution in [0.15, 0.2) is 6.20 Å². The Hall–Kier alpha value is -2.19. The molecule has 27 heavy (non-hydrogen) atoms. The lowest BCUT2D eigenvalue weighted by molar-refractivity contribution is -0.0102. The van der Waals surface area contributed by atoms with E-state index in [1.54, 1.807) is 7.11 Å². The molecule has 2 atom stereocenters. The third-order valence-corrected chi connectivity index (χ3v) is 5.49. The van der Waals surface area contributed by atoms with Crippen molar-refractivity contribution in [1.29, 1.82) is 0 Å². The Balaban J connectivity index is 1.66. The lowest BCUT2D eigenvalue weighted by atomic mass is 9.99. The molecule has 0 N–H and O–H groups in total. The highest BCUT2D eigenvalue weighted by Gasteiger charge is 2.34. The fourth-order valence-electron chi connectivity index (χ4n) is 4.20. The van der Waals surface area contributed by atoms with Crippen LogP contribution in [0, 0.1) is 6.92 Å². The van der Waals surface area contributed by atoms with Gasteiger partial charge in [0.1, 0.15) is 5.82 Å². The highest BCUT2D eigenvalue weighted by Crippen LogP contribution is 2.33. The molecule has 2 aliphatic rings. The van der Waals surface area contributed by atoms with Gasteiger partial charge in [-0.05, 0) is 20.8 Å². The first kappa shape index (κ1) is 18.2. The Bertz CT molecular complexity index is 856. The molecular formula is C19H27N5O3. The van der Waals surface area contributed by atoms with Gasteiger partial charge in [0, 0.05) is 32.2 Å². The van der Waals surface area contributed by atoms with Gasteiger partial charge in [0.05, 0.1) is 49.5 Å². The summed E-state index contributed by atoms with van der Waals surface area (Å²) >= 11 is 0. The number of hydrogen-bond donors (Lipinski definition) is 0. The van der Waals surface area contributed by atoms with E-state index in [0.29, 0.717) is 38.4 Å². The molecular weight excluding hydrogens is 346 g/mol. The number of amides is 1. The summed E-state index contributed by atoms with van der Waals surface area (Å²) in [5.41, 5.74) is 3.67. The number of carbonyl (C=O) groups excluding carboxylic acids is 1. The van der Waals surface area contributed by atoms with Crippen LogP contribution in [-0.4, -0.2) is 56.5 Å². The molecule has 0 aromatic carbocycles. The van der Waals surface area contributed by atoms with E-state index in [2.05, 4.69) is 9.55 Å². The molecule has 8 heteroatoms. The molecule has 0 saturated heterocycles. The van der Waals surface area contributed by atoms with Crippen molar-refractivity contribution in [2.45, 2.75) is 59.0 Å². The summed E-state index contributed by atoms with van der Waals surface area (Å²) in [5, 5.41) is 4.69. The number of carbonyl (C=O) groups is 1. The molecule has 0 radical (unpaired) electrons. The molecule has 0 spiro atoms. The minimum Gasteiger partial charge on any atom is -0.383 e. The number of rotatable bonds is 4. The smallest absolute Gasteiger partial charge is 0.275 e. The van der Waals surface area contributed by atoms with Crippen molar-refractivity contribution in [2.24, 2.45) is 0 Å². The van der Waals surface area contributed by atoms with Crippen LogP contribution < -0.4 is 0 Å². The number of nitrogens with zero attached hydrogens (tertiary/aromatic N) is 5. The van der Waals surface area contributed by atoms with Gasteiger partial charge in [-0.1, -0.05) is 0 Å². The molecule has 2 aromatic rings. The average Bonchev–Trinajstić information content (AvgIpc) is 3.20. The molecule has 8 nitrogen and oxygen atoms in total. The first-order valence-corrected chi connectivity index (χ1v) is 9.53. The Morgan fingerprint density at radius 1 is 1.37 bits per heavy atom. The van der Waals surface area contributed by atoms with Crippen LogP contribution in [0.2, 0.25) is 0 Å². The highest BCUT2D eigenvalue weighted by molar-refractivity contribution is 5.94. The van der Waals surface area contributed by atoms with E-state index in [1.807, 2.05) is 36.5 Å². The quantitative estimate of drug-likeness (QED) is 0.816. The molecule has 0 saturated carbocycles. The number of ether oxygens (including phenoxy) is 2. The normalized spacial score (nSPS) is 21.9. The van der Waals surface area contributed by atoms with Crippen molar-refractivity contribution in [1.82, 2.24) is 24.2 Å². The standard InChI is InChI=1S/C19H27N5O3/c1-12-9-16-17(21-24(7-8-26-4)18(16)13(2)27-12)19(25)22-5-6-23-14(3)20-10-15(23)11-22/h10,12-13H,5-9,11H2,1-4H3/t12-,13+/m1/s1. The van der Waals surface area contributed by atoms with Gasteiger partial charge >= 0.3 is 0 Å². The first-order valence-electron chi connectivity index (χ1n) is 9.53. The summed E-state index contributed by atoms with van der Waals surface area (Å²) in [7, 11) is 1.67. The molecule has 0 aliphatic carbocycles. The summed E-state index contributed by atoms with van der Waals surface area (Å²) in [6.07, 6.45) is 2.56. The molecule has 0 unspecified atom stereocenters. The summed E-state index contributed by atoms with van der Waals surface area (Å²) in [6, 6.07) is 0. The van der Waals surface area contributed by atoms with Gasteiger partial charge in [-0.15, -0.1) is 0 Å². The van der Waals surface area contributed by atoms with E-state index < -0.39 is 0 Å². The molecule has 4 rings (SSSR count). The maximum atomic E-state index is 13.3. The molecule has 2 aliphatic heterocycles. The zero-order chi connectivity index (χ0) is 19.1. The fourth-order valence-corrected chi connectivity index (χ4v) is 4.20. The van der Waals surface area contributed by atoms with Gasteiger partial charge in [0.15, 0.2) is 5.69 Å². The molecule has 0 bridgehead atoms. The molecule has 0 fully saturated rings. The van der Waals surface area contributed by atoms with Gasteiger partial charge in [-0.3, -0.25) is 9.48 Å². The zero-order valence-electron chi connectivity index (χ0n) is 16.4. The van der Waals surface area contributed by atoms with E-state index in [9.17, 15) is 4.79 Å². The van der Waals surface area contributed by atoms with Crippen molar-refractivity contribution < 1.29 is 14.3 Å². The topological polar surface area (TPSA) is 74.4 Å². The third-order valence-electron chi connectivity index (χ3n) is 5.49. The van der Waals surface area contributed by atoms with Crippen LogP contribution in [0.1, 0.15) is 53.2 Å². The number of hydrogen-bond acceptors (Lipinski definition) is 5. The Labute approximate surface area is 159 Å². The average molecular weight is 373 g/mol. The van der Waals surface area contributed by atoms with Crippen molar-refractivity contribution in [2.75, 3.05) is 20.3 Å². The second-order valence-corrected chi connectivity index (χ2v) is 7.40. The maximum absolute atomic E-state index is 13.3. The van der Waals surface area contributed by atoms with Gasteiger partial charge < -0.3 is 18.9 Å². The molecule has 2 aromatic heterocycles. The number of methoxy groups -OCH3 is 1.